The van der Waals surface area contributed by atoms with E-state index in [-0.39, 0.29) is 18.6 Å². The smallest absolute Gasteiger partial charge is 0.246 e. The minimum Gasteiger partial charge on any atom is -0.388 e. The number of carbonyl (C=O) groups is 1. The van der Waals surface area contributed by atoms with E-state index in [9.17, 15) is 9.90 Å². The van der Waals surface area contributed by atoms with Crippen molar-refractivity contribution in [3.05, 3.63) is 57.2 Å². The van der Waals surface area contributed by atoms with Crippen LogP contribution in [0.25, 0.3) is 0 Å². The number of nitrogens with zero attached hydrogens (tertiary/aromatic N) is 1. The fourth-order valence-corrected chi connectivity index (χ4v) is 4.71. The molecule has 0 radical (unpaired) electrons. The van der Waals surface area contributed by atoms with E-state index in [0.29, 0.717) is 19.5 Å². The molecule has 1 aliphatic rings. The molecule has 3 atom stereocenters. The Labute approximate surface area is 168 Å². The molecule has 1 amide bonds. The molecule has 1 saturated heterocycles. The average Bonchev–Trinajstić information content (AvgIpc) is 3.14. The molecular weight excluding hydrogens is 384 g/mol. The van der Waals surface area contributed by atoms with Crippen molar-refractivity contribution < 1.29 is 14.6 Å². The van der Waals surface area contributed by atoms with E-state index in [0.717, 1.165) is 15.5 Å². The lowest BCUT2D eigenvalue weighted by Crippen LogP contribution is -2.62. The zero-order valence-corrected chi connectivity index (χ0v) is 17.1. The van der Waals surface area contributed by atoms with Gasteiger partial charge in [-0.2, -0.15) is 0 Å². The van der Waals surface area contributed by atoms with Gasteiger partial charge in [0, 0.05) is 30.1 Å². The summed E-state index contributed by atoms with van der Waals surface area (Å²) in [7, 11) is 1.49. The van der Waals surface area contributed by atoms with Crippen LogP contribution in [0.3, 0.4) is 0 Å². The Balaban J connectivity index is 1.93. The molecule has 7 heteroatoms. The Morgan fingerprint density at radius 2 is 2.19 bits per heavy atom. The highest BCUT2D eigenvalue weighted by atomic mass is 35.5. The summed E-state index contributed by atoms with van der Waals surface area (Å²) in [6.45, 7) is 3.11. The van der Waals surface area contributed by atoms with Crippen molar-refractivity contribution in [2.24, 2.45) is 0 Å². The fourth-order valence-electron chi connectivity index (χ4n) is 3.62. The van der Waals surface area contributed by atoms with Gasteiger partial charge >= 0.3 is 0 Å². The third-order valence-corrected chi connectivity index (χ3v) is 6.35. The number of ether oxygens (including phenoxy) is 1. The predicted octanol–water partition coefficient (Wildman–Crippen LogP) is 3.23. The van der Waals surface area contributed by atoms with Crippen LogP contribution in [0.4, 0.5) is 0 Å². The van der Waals surface area contributed by atoms with Crippen molar-refractivity contribution in [3.8, 4) is 0 Å². The van der Waals surface area contributed by atoms with Gasteiger partial charge in [0.05, 0.1) is 17.7 Å². The molecular formula is C20H25ClN2O3S. The standard InChI is InChI=1S/C20H25ClN2O3S/c1-20(25)9-10-23(12-14-6-3-4-7-15(14)21)18(16-8-5-11-27-16)19(20)22-17(24)13-26-2/h3-8,11,18-19,25H,9-10,12-13H2,1-2H3,(H,22,24)/t18-,19-,20+/m0/s1. The van der Waals surface area contributed by atoms with Crippen molar-refractivity contribution in [3.63, 3.8) is 0 Å². The minimum atomic E-state index is -1.02. The van der Waals surface area contributed by atoms with Gasteiger partial charge in [0.1, 0.15) is 6.61 Å². The number of amides is 1. The number of piperidine rings is 1. The maximum absolute atomic E-state index is 12.2. The number of likely N-dealkylation sites (tertiary alicyclic amines) is 1. The summed E-state index contributed by atoms with van der Waals surface area (Å²) < 4.78 is 4.96. The SMILES string of the molecule is COCC(=O)N[C@H]1[C@H](c2cccs2)N(Cc2ccccc2Cl)CC[C@@]1(C)O. The molecule has 0 unspecified atom stereocenters. The van der Waals surface area contributed by atoms with Crippen LogP contribution in [-0.4, -0.2) is 47.8 Å². The molecule has 2 heterocycles. The molecule has 0 bridgehead atoms. The summed E-state index contributed by atoms with van der Waals surface area (Å²) in [5.74, 6) is -0.232. The Morgan fingerprint density at radius 3 is 2.85 bits per heavy atom. The van der Waals surface area contributed by atoms with E-state index in [2.05, 4.69) is 10.2 Å². The second-order valence-corrected chi connectivity index (χ2v) is 8.49. The van der Waals surface area contributed by atoms with Gasteiger partial charge in [-0.1, -0.05) is 35.9 Å². The normalized spacial score (nSPS) is 26.1. The monoisotopic (exact) mass is 408 g/mol. The number of hydrogen-bond donors (Lipinski definition) is 2. The number of hydrogen-bond acceptors (Lipinski definition) is 5. The van der Waals surface area contributed by atoms with E-state index in [4.69, 9.17) is 16.3 Å². The zero-order chi connectivity index (χ0) is 19.4. The Bertz CT molecular complexity index is 766. The van der Waals surface area contributed by atoms with E-state index in [1.165, 1.54) is 7.11 Å². The van der Waals surface area contributed by atoms with Crippen LogP contribution in [0.5, 0.6) is 0 Å². The van der Waals surface area contributed by atoms with Crippen LogP contribution >= 0.6 is 22.9 Å². The second kappa shape index (κ2) is 8.71. The Hall–Kier alpha value is -1.44. The highest BCUT2D eigenvalue weighted by Gasteiger charge is 2.46. The summed E-state index contributed by atoms with van der Waals surface area (Å²) in [5.41, 5.74) is 0.0129. The topological polar surface area (TPSA) is 61.8 Å². The molecule has 0 saturated carbocycles. The van der Waals surface area contributed by atoms with Crippen LogP contribution in [0.2, 0.25) is 5.02 Å². The molecule has 5 nitrogen and oxygen atoms in total. The summed E-state index contributed by atoms with van der Waals surface area (Å²) in [6.07, 6.45) is 0.553. The lowest BCUT2D eigenvalue weighted by atomic mass is 9.81. The number of nitrogens with one attached hydrogen (secondary N) is 1. The first-order valence-corrected chi connectivity index (χ1v) is 10.2. The molecule has 1 aliphatic heterocycles. The van der Waals surface area contributed by atoms with Gasteiger partial charge in [-0.15, -0.1) is 11.3 Å². The number of benzene rings is 1. The third-order valence-electron chi connectivity index (χ3n) is 5.04. The Morgan fingerprint density at radius 1 is 1.41 bits per heavy atom. The molecule has 2 N–H and O–H groups in total. The number of thiophene rings is 1. The molecule has 0 spiro atoms. The summed E-state index contributed by atoms with van der Waals surface area (Å²) in [4.78, 5) is 15.6. The molecule has 1 aromatic carbocycles. The van der Waals surface area contributed by atoms with Crippen LogP contribution in [0.1, 0.15) is 29.8 Å². The third kappa shape index (κ3) is 4.70. The number of aliphatic hydroxyl groups is 1. The quantitative estimate of drug-likeness (QED) is 0.770. The molecule has 27 heavy (non-hydrogen) atoms. The van der Waals surface area contributed by atoms with Crippen molar-refractivity contribution in [1.29, 1.82) is 0 Å². The van der Waals surface area contributed by atoms with E-state index >= 15 is 0 Å². The van der Waals surface area contributed by atoms with Gasteiger partial charge in [-0.05, 0) is 36.4 Å². The summed E-state index contributed by atoms with van der Waals surface area (Å²) in [6, 6.07) is 11.2. The number of methoxy groups -OCH3 is 1. The first-order chi connectivity index (χ1) is 12.9. The zero-order valence-electron chi connectivity index (χ0n) is 15.5. The largest absolute Gasteiger partial charge is 0.388 e. The van der Waals surface area contributed by atoms with Gasteiger partial charge < -0.3 is 15.2 Å². The van der Waals surface area contributed by atoms with Gasteiger partial charge in [0.15, 0.2) is 0 Å². The van der Waals surface area contributed by atoms with Crippen molar-refractivity contribution in [1.82, 2.24) is 10.2 Å². The molecule has 3 rings (SSSR count). The minimum absolute atomic E-state index is 0.0335. The maximum Gasteiger partial charge on any atom is 0.246 e. The van der Waals surface area contributed by atoms with Crippen LogP contribution in [0, 0.1) is 0 Å². The lowest BCUT2D eigenvalue weighted by molar-refractivity contribution is -0.132. The summed E-state index contributed by atoms with van der Waals surface area (Å²) >= 11 is 8.00. The van der Waals surface area contributed by atoms with Gasteiger partial charge in [-0.25, -0.2) is 0 Å². The molecule has 2 aromatic rings. The number of carbonyl (C=O) groups excluding carboxylic acids is 1. The first kappa shape index (κ1) is 20.3. The van der Waals surface area contributed by atoms with Crippen molar-refractivity contribution >= 4 is 28.8 Å². The van der Waals surface area contributed by atoms with E-state index in [1.54, 1.807) is 18.3 Å². The first-order valence-electron chi connectivity index (χ1n) is 8.94. The molecule has 0 aliphatic carbocycles. The fraction of sp³-hybridized carbons (Fsp3) is 0.450. The van der Waals surface area contributed by atoms with Crippen LogP contribution in [0.15, 0.2) is 41.8 Å². The average molecular weight is 409 g/mol. The highest BCUT2D eigenvalue weighted by molar-refractivity contribution is 7.10. The highest BCUT2D eigenvalue weighted by Crippen LogP contribution is 2.40. The molecule has 1 aromatic heterocycles. The maximum atomic E-state index is 12.2. The van der Waals surface area contributed by atoms with Crippen molar-refractivity contribution in [2.75, 3.05) is 20.3 Å². The molecule has 146 valence electrons. The number of halogens is 1. The molecule has 1 fully saturated rings. The van der Waals surface area contributed by atoms with E-state index in [1.807, 2.05) is 41.8 Å². The van der Waals surface area contributed by atoms with Gasteiger partial charge in [0.2, 0.25) is 5.91 Å². The van der Waals surface area contributed by atoms with Crippen LogP contribution < -0.4 is 5.32 Å². The summed E-state index contributed by atoms with van der Waals surface area (Å²) in [5, 5.41) is 16.8. The second-order valence-electron chi connectivity index (χ2n) is 7.11. The van der Waals surface area contributed by atoms with Gasteiger partial charge in [-0.3, -0.25) is 9.69 Å². The van der Waals surface area contributed by atoms with E-state index < -0.39 is 11.6 Å². The number of rotatable bonds is 6. The van der Waals surface area contributed by atoms with Crippen molar-refractivity contribution in [2.45, 2.75) is 37.6 Å². The predicted molar refractivity (Wildman–Crippen MR) is 108 cm³/mol. The Kier molecular flexibility index (Phi) is 6.55. The van der Waals surface area contributed by atoms with Crippen LogP contribution in [-0.2, 0) is 16.1 Å². The van der Waals surface area contributed by atoms with Gasteiger partial charge in [0.25, 0.3) is 0 Å². The lowest BCUT2D eigenvalue weighted by Gasteiger charge is -2.48.